The third-order valence-electron chi connectivity index (χ3n) is 4.05. The monoisotopic (exact) mass is 371 g/mol. The van der Waals surface area contributed by atoms with Crippen LogP contribution in [0.1, 0.15) is 16.2 Å². The van der Waals surface area contributed by atoms with E-state index in [1.807, 2.05) is 0 Å². The van der Waals surface area contributed by atoms with Crippen LogP contribution in [0.15, 0.2) is 53.4 Å². The van der Waals surface area contributed by atoms with E-state index < -0.39 is 15.9 Å². The van der Waals surface area contributed by atoms with Crippen LogP contribution in [0.3, 0.4) is 0 Å². The summed E-state index contributed by atoms with van der Waals surface area (Å²) in [5.74, 6) is 0.293. The molecule has 0 fully saturated rings. The van der Waals surface area contributed by atoms with E-state index in [4.69, 9.17) is 4.74 Å². The Morgan fingerprint density at radius 2 is 1.81 bits per heavy atom. The van der Waals surface area contributed by atoms with E-state index in [0.29, 0.717) is 11.4 Å². The quantitative estimate of drug-likeness (QED) is 0.674. The minimum absolute atomic E-state index is 0.00604. The number of fused-ring (bicyclic) bond motifs is 1. The molecule has 0 spiro atoms. The highest BCUT2D eigenvalue weighted by molar-refractivity contribution is 7.90. The molecule has 132 valence electrons. The SMILES string of the molecule is COc1ccc(-n2nnnc2CN2C(=O)c3ccccc3S2(=O)=O)cc1. The van der Waals surface area contributed by atoms with Crippen molar-refractivity contribution in [1.29, 1.82) is 0 Å². The maximum atomic E-state index is 12.7. The number of rotatable bonds is 4. The molecule has 2 heterocycles. The molecule has 0 N–H and O–H groups in total. The number of hydrogen-bond donors (Lipinski definition) is 0. The molecule has 1 aromatic heterocycles. The minimum atomic E-state index is -3.93. The molecule has 2 aromatic carbocycles. The molecule has 26 heavy (non-hydrogen) atoms. The molecule has 0 bridgehead atoms. The number of aromatic nitrogens is 4. The largest absolute Gasteiger partial charge is 0.497 e. The van der Waals surface area contributed by atoms with Gasteiger partial charge in [0.05, 0.1) is 24.9 Å². The van der Waals surface area contributed by atoms with Gasteiger partial charge in [0.25, 0.3) is 15.9 Å². The maximum absolute atomic E-state index is 12.7. The van der Waals surface area contributed by atoms with Crippen molar-refractivity contribution in [3.8, 4) is 11.4 Å². The van der Waals surface area contributed by atoms with Gasteiger partial charge in [-0.25, -0.2) is 12.7 Å². The highest BCUT2D eigenvalue weighted by Crippen LogP contribution is 2.31. The fraction of sp³-hybridized carbons (Fsp3) is 0.125. The fourth-order valence-electron chi connectivity index (χ4n) is 2.74. The molecule has 9 nitrogen and oxygen atoms in total. The predicted octanol–water partition coefficient (Wildman–Crippen LogP) is 1.02. The number of methoxy groups -OCH3 is 1. The summed E-state index contributed by atoms with van der Waals surface area (Å²) in [6, 6.07) is 13.0. The smallest absolute Gasteiger partial charge is 0.269 e. The Morgan fingerprint density at radius 3 is 2.50 bits per heavy atom. The van der Waals surface area contributed by atoms with Crippen LogP contribution in [-0.2, 0) is 16.6 Å². The van der Waals surface area contributed by atoms with Crippen LogP contribution >= 0.6 is 0 Å². The van der Waals surface area contributed by atoms with E-state index >= 15 is 0 Å². The third kappa shape index (κ3) is 2.42. The lowest BCUT2D eigenvalue weighted by Gasteiger charge is -2.14. The molecule has 0 unspecified atom stereocenters. The summed E-state index contributed by atoms with van der Waals surface area (Å²) in [4.78, 5) is 12.5. The van der Waals surface area contributed by atoms with E-state index in [-0.39, 0.29) is 22.8 Å². The van der Waals surface area contributed by atoms with Crippen molar-refractivity contribution in [2.75, 3.05) is 7.11 Å². The standard InChI is InChI=1S/C16H13N5O4S/c1-25-12-8-6-11(7-9-12)21-15(17-18-19-21)10-20-16(22)13-4-2-3-5-14(13)26(20,23)24/h2-9H,10H2,1H3. The molecule has 1 aliphatic rings. The van der Waals surface area contributed by atoms with Crippen LogP contribution in [0, 0.1) is 0 Å². The van der Waals surface area contributed by atoms with E-state index in [0.717, 1.165) is 4.31 Å². The summed E-state index contributed by atoms with van der Waals surface area (Å²) in [7, 11) is -2.37. The third-order valence-corrected chi connectivity index (χ3v) is 5.84. The summed E-state index contributed by atoms with van der Waals surface area (Å²) < 4.78 is 32.6. The van der Waals surface area contributed by atoms with Crippen LogP contribution in [-0.4, -0.2) is 45.9 Å². The number of carbonyl (C=O) groups excluding carboxylic acids is 1. The maximum Gasteiger partial charge on any atom is 0.269 e. The van der Waals surface area contributed by atoms with Gasteiger partial charge in [0, 0.05) is 0 Å². The number of sulfonamides is 1. The van der Waals surface area contributed by atoms with Crippen molar-refractivity contribution in [1.82, 2.24) is 24.5 Å². The Hall–Kier alpha value is -3.27. The molecule has 10 heteroatoms. The van der Waals surface area contributed by atoms with Gasteiger partial charge < -0.3 is 4.74 Å². The summed E-state index contributed by atoms with van der Waals surface area (Å²) >= 11 is 0. The Kier molecular flexibility index (Phi) is 3.69. The highest BCUT2D eigenvalue weighted by atomic mass is 32.2. The average Bonchev–Trinajstić information content (AvgIpc) is 3.20. The molecular weight excluding hydrogens is 358 g/mol. The first kappa shape index (κ1) is 16.2. The Labute approximate surface area is 148 Å². The van der Waals surface area contributed by atoms with E-state index in [1.165, 1.54) is 16.8 Å². The summed E-state index contributed by atoms with van der Waals surface area (Å²) in [5.41, 5.74) is 0.767. The molecule has 1 aliphatic heterocycles. The van der Waals surface area contributed by atoms with Gasteiger partial charge in [-0.05, 0) is 46.8 Å². The lowest BCUT2D eigenvalue weighted by molar-refractivity contribution is 0.0862. The van der Waals surface area contributed by atoms with Crippen molar-refractivity contribution in [2.24, 2.45) is 0 Å². The number of amides is 1. The number of ether oxygens (including phenoxy) is 1. The second-order valence-electron chi connectivity index (χ2n) is 5.52. The van der Waals surface area contributed by atoms with E-state index in [1.54, 1.807) is 43.5 Å². The summed E-state index contributed by atoms with van der Waals surface area (Å²) in [6.07, 6.45) is 0. The van der Waals surface area contributed by atoms with Crippen molar-refractivity contribution in [3.05, 3.63) is 59.9 Å². The zero-order valence-electron chi connectivity index (χ0n) is 13.6. The van der Waals surface area contributed by atoms with Crippen LogP contribution in [0.5, 0.6) is 5.75 Å². The molecular formula is C16H13N5O4S. The fourth-order valence-corrected chi connectivity index (χ4v) is 4.27. The van der Waals surface area contributed by atoms with Gasteiger partial charge in [0.2, 0.25) is 0 Å². The minimum Gasteiger partial charge on any atom is -0.497 e. The zero-order valence-corrected chi connectivity index (χ0v) is 14.4. The van der Waals surface area contributed by atoms with Crippen molar-refractivity contribution in [2.45, 2.75) is 11.4 Å². The van der Waals surface area contributed by atoms with E-state index in [2.05, 4.69) is 15.5 Å². The van der Waals surface area contributed by atoms with Crippen LogP contribution in [0.2, 0.25) is 0 Å². The predicted molar refractivity (Wildman–Crippen MR) is 89.2 cm³/mol. The highest BCUT2D eigenvalue weighted by Gasteiger charge is 2.41. The first-order valence-corrected chi connectivity index (χ1v) is 9.04. The number of carbonyl (C=O) groups is 1. The van der Waals surface area contributed by atoms with Gasteiger partial charge >= 0.3 is 0 Å². The first-order chi connectivity index (χ1) is 12.5. The van der Waals surface area contributed by atoms with Gasteiger partial charge in [-0.15, -0.1) is 5.10 Å². The second-order valence-corrected chi connectivity index (χ2v) is 7.35. The molecule has 0 saturated heterocycles. The number of hydrogen-bond acceptors (Lipinski definition) is 7. The first-order valence-electron chi connectivity index (χ1n) is 7.60. The number of nitrogens with zero attached hydrogens (tertiary/aromatic N) is 5. The van der Waals surface area contributed by atoms with Crippen molar-refractivity contribution in [3.63, 3.8) is 0 Å². The molecule has 1 amide bonds. The number of benzene rings is 2. The normalized spacial score (nSPS) is 15.1. The van der Waals surface area contributed by atoms with Gasteiger partial charge in [0.1, 0.15) is 10.6 Å². The lowest BCUT2D eigenvalue weighted by atomic mass is 10.2. The zero-order chi connectivity index (χ0) is 18.3. The van der Waals surface area contributed by atoms with Crippen LogP contribution in [0.25, 0.3) is 5.69 Å². The summed E-state index contributed by atoms with van der Waals surface area (Å²) in [6.45, 7) is -0.269. The molecule has 0 saturated carbocycles. The Morgan fingerprint density at radius 1 is 1.08 bits per heavy atom. The van der Waals surface area contributed by atoms with Crippen molar-refractivity contribution >= 4 is 15.9 Å². The Bertz CT molecular complexity index is 1090. The van der Waals surface area contributed by atoms with Crippen molar-refractivity contribution < 1.29 is 17.9 Å². The molecule has 3 aromatic rings. The molecule has 0 aliphatic carbocycles. The van der Waals surface area contributed by atoms with E-state index in [9.17, 15) is 13.2 Å². The van der Waals surface area contributed by atoms with Crippen LogP contribution in [0.4, 0.5) is 0 Å². The Balaban J connectivity index is 1.69. The average molecular weight is 371 g/mol. The molecule has 0 radical (unpaired) electrons. The van der Waals surface area contributed by atoms with Gasteiger partial charge in [-0.3, -0.25) is 4.79 Å². The van der Waals surface area contributed by atoms with Crippen LogP contribution < -0.4 is 4.74 Å². The van der Waals surface area contributed by atoms with Gasteiger partial charge in [-0.1, -0.05) is 12.1 Å². The lowest BCUT2D eigenvalue weighted by Crippen LogP contribution is -2.30. The number of tetrazole rings is 1. The molecule has 4 rings (SSSR count). The topological polar surface area (TPSA) is 107 Å². The van der Waals surface area contributed by atoms with Gasteiger partial charge in [-0.2, -0.15) is 4.68 Å². The van der Waals surface area contributed by atoms with Gasteiger partial charge in [0.15, 0.2) is 5.82 Å². The summed E-state index contributed by atoms with van der Waals surface area (Å²) in [5, 5.41) is 11.4. The molecule has 0 atom stereocenters. The second kappa shape index (κ2) is 5.92.